The monoisotopic (exact) mass is 349 g/mol. The summed E-state index contributed by atoms with van der Waals surface area (Å²) >= 11 is 0. The molecule has 2 aliphatic rings. The Morgan fingerprint density at radius 1 is 1.29 bits per heavy atom. The van der Waals surface area contributed by atoms with E-state index in [9.17, 15) is 8.42 Å². The molecule has 0 atom stereocenters. The van der Waals surface area contributed by atoms with Gasteiger partial charge in [0.15, 0.2) is 0 Å². The molecule has 2 fully saturated rings. The summed E-state index contributed by atoms with van der Waals surface area (Å²) in [6.07, 6.45) is 3.85. The van der Waals surface area contributed by atoms with E-state index in [2.05, 4.69) is 5.10 Å². The highest BCUT2D eigenvalue weighted by Gasteiger charge is 2.50. The van der Waals surface area contributed by atoms with Gasteiger partial charge in [0.25, 0.3) is 0 Å². The van der Waals surface area contributed by atoms with Crippen molar-refractivity contribution in [2.75, 3.05) is 33.4 Å². The number of aromatic nitrogens is 2. The normalized spacial score (nSPS) is 20.2. The van der Waals surface area contributed by atoms with Crippen LogP contribution in [-0.2, 0) is 14.8 Å². The highest BCUT2D eigenvalue weighted by Crippen LogP contribution is 2.41. The maximum atomic E-state index is 12.8. The Morgan fingerprint density at radius 2 is 2.08 bits per heavy atom. The Hall–Kier alpha value is -1.90. The van der Waals surface area contributed by atoms with Gasteiger partial charge in [-0.3, -0.25) is 0 Å². The number of benzene rings is 1. The minimum absolute atomic E-state index is 0.0196. The van der Waals surface area contributed by atoms with E-state index in [1.54, 1.807) is 7.11 Å². The molecule has 1 aromatic carbocycles. The van der Waals surface area contributed by atoms with Crippen molar-refractivity contribution in [3.63, 3.8) is 0 Å². The van der Waals surface area contributed by atoms with E-state index in [1.807, 2.05) is 24.3 Å². The summed E-state index contributed by atoms with van der Waals surface area (Å²) in [5, 5.41) is 4.20. The van der Waals surface area contributed by atoms with Crippen molar-refractivity contribution in [2.24, 2.45) is 5.41 Å². The van der Waals surface area contributed by atoms with Crippen LogP contribution in [0, 0.1) is 5.41 Å². The van der Waals surface area contributed by atoms with Gasteiger partial charge in [-0.25, -0.2) is 13.1 Å². The molecule has 128 valence electrons. The molecule has 2 saturated heterocycles. The summed E-state index contributed by atoms with van der Waals surface area (Å²) in [6, 6.07) is 7.35. The van der Waals surface area contributed by atoms with Crippen molar-refractivity contribution in [2.45, 2.75) is 11.3 Å². The number of ether oxygens (including phenoxy) is 2. The van der Waals surface area contributed by atoms with Gasteiger partial charge in [-0.05, 0) is 18.6 Å². The Kier molecular flexibility index (Phi) is 3.63. The largest absolute Gasteiger partial charge is 0.494 e. The van der Waals surface area contributed by atoms with E-state index < -0.39 is 10.0 Å². The molecule has 0 radical (unpaired) electrons. The topological polar surface area (TPSA) is 73.7 Å². The molecule has 0 saturated carbocycles. The Balaban J connectivity index is 1.58. The first-order chi connectivity index (χ1) is 11.5. The van der Waals surface area contributed by atoms with Gasteiger partial charge in [-0.15, -0.1) is 0 Å². The number of hydrogen-bond donors (Lipinski definition) is 0. The third kappa shape index (κ3) is 2.42. The summed E-state index contributed by atoms with van der Waals surface area (Å²) in [5.74, 6) is 0.635. The van der Waals surface area contributed by atoms with Crippen LogP contribution in [0.25, 0.3) is 5.69 Å². The van der Waals surface area contributed by atoms with Crippen LogP contribution >= 0.6 is 0 Å². The lowest BCUT2D eigenvalue weighted by atomic mass is 9.81. The van der Waals surface area contributed by atoms with E-state index in [1.165, 1.54) is 21.4 Å². The minimum atomic E-state index is -3.52. The Bertz CT molecular complexity index is 848. The molecule has 0 N–H and O–H groups in total. The van der Waals surface area contributed by atoms with Crippen LogP contribution in [0.5, 0.6) is 5.75 Å². The van der Waals surface area contributed by atoms with Gasteiger partial charge < -0.3 is 9.47 Å². The molecule has 2 aromatic rings. The third-order valence-corrected chi connectivity index (χ3v) is 6.48. The fraction of sp³-hybridized carbons (Fsp3) is 0.438. The number of methoxy groups -OCH3 is 1. The molecule has 0 amide bonds. The number of rotatable bonds is 4. The second-order valence-corrected chi connectivity index (χ2v) is 8.31. The van der Waals surface area contributed by atoms with Gasteiger partial charge in [-0.2, -0.15) is 9.40 Å². The quantitative estimate of drug-likeness (QED) is 0.832. The molecule has 8 heteroatoms. The zero-order chi connectivity index (χ0) is 16.8. The molecule has 24 heavy (non-hydrogen) atoms. The second-order valence-electron chi connectivity index (χ2n) is 6.37. The van der Waals surface area contributed by atoms with Crippen LogP contribution in [0.15, 0.2) is 41.6 Å². The average molecular weight is 349 g/mol. The van der Waals surface area contributed by atoms with Crippen molar-refractivity contribution >= 4 is 10.0 Å². The molecule has 1 spiro atoms. The van der Waals surface area contributed by atoms with Crippen molar-refractivity contribution in [1.82, 2.24) is 14.1 Å². The summed E-state index contributed by atoms with van der Waals surface area (Å²) in [4.78, 5) is 0.196. The highest BCUT2D eigenvalue weighted by atomic mass is 32.2. The van der Waals surface area contributed by atoms with Crippen LogP contribution < -0.4 is 4.74 Å². The lowest BCUT2D eigenvalue weighted by Crippen LogP contribution is -2.58. The molecular weight excluding hydrogens is 330 g/mol. The lowest BCUT2D eigenvalue weighted by molar-refractivity contribution is 0.0512. The minimum Gasteiger partial charge on any atom is -0.494 e. The van der Waals surface area contributed by atoms with Crippen LogP contribution in [0.2, 0.25) is 0 Å². The smallest absolute Gasteiger partial charge is 0.246 e. The third-order valence-electron chi connectivity index (χ3n) is 4.74. The summed E-state index contributed by atoms with van der Waals surface area (Å²) in [5.41, 5.74) is 0.719. The number of nitrogens with zero attached hydrogens (tertiary/aromatic N) is 3. The number of para-hydroxylation sites is 2. The van der Waals surface area contributed by atoms with Gasteiger partial charge in [0, 0.05) is 25.1 Å². The average Bonchev–Trinajstić information content (AvgIpc) is 3.23. The zero-order valence-electron chi connectivity index (χ0n) is 13.4. The summed E-state index contributed by atoms with van der Waals surface area (Å²) < 4.78 is 39.2. The molecule has 0 unspecified atom stereocenters. The molecule has 2 aliphatic heterocycles. The predicted molar refractivity (Wildman–Crippen MR) is 86.7 cm³/mol. The van der Waals surface area contributed by atoms with Crippen LogP contribution in [0.3, 0.4) is 0 Å². The zero-order valence-corrected chi connectivity index (χ0v) is 14.2. The van der Waals surface area contributed by atoms with Crippen molar-refractivity contribution in [3.05, 3.63) is 36.7 Å². The van der Waals surface area contributed by atoms with Gasteiger partial charge in [0.05, 0.1) is 26.1 Å². The molecule has 3 heterocycles. The first kappa shape index (κ1) is 15.6. The van der Waals surface area contributed by atoms with E-state index in [0.717, 1.165) is 13.0 Å². The van der Waals surface area contributed by atoms with Gasteiger partial charge >= 0.3 is 0 Å². The summed E-state index contributed by atoms with van der Waals surface area (Å²) in [6.45, 7) is 2.42. The maximum Gasteiger partial charge on any atom is 0.246 e. The fourth-order valence-electron chi connectivity index (χ4n) is 3.31. The van der Waals surface area contributed by atoms with Crippen molar-refractivity contribution in [3.8, 4) is 11.4 Å². The van der Waals surface area contributed by atoms with Crippen LogP contribution in [-0.4, -0.2) is 55.9 Å². The molecule has 1 aromatic heterocycles. The van der Waals surface area contributed by atoms with E-state index in [-0.39, 0.29) is 10.3 Å². The predicted octanol–water partition coefficient (Wildman–Crippen LogP) is 1.29. The molecule has 0 aliphatic carbocycles. The first-order valence-corrected chi connectivity index (χ1v) is 9.24. The number of sulfonamides is 1. The van der Waals surface area contributed by atoms with Crippen LogP contribution in [0.1, 0.15) is 6.42 Å². The second kappa shape index (κ2) is 5.58. The highest BCUT2D eigenvalue weighted by molar-refractivity contribution is 7.89. The molecular formula is C16H19N3O4S. The van der Waals surface area contributed by atoms with Gasteiger partial charge in [0.2, 0.25) is 10.0 Å². The lowest BCUT2D eigenvalue weighted by Gasteiger charge is -2.45. The van der Waals surface area contributed by atoms with Gasteiger partial charge in [-0.1, -0.05) is 12.1 Å². The molecule has 4 rings (SSSR count). The number of hydrogen-bond acceptors (Lipinski definition) is 5. The van der Waals surface area contributed by atoms with Crippen LogP contribution in [0.4, 0.5) is 0 Å². The molecule has 0 bridgehead atoms. The van der Waals surface area contributed by atoms with E-state index >= 15 is 0 Å². The summed E-state index contributed by atoms with van der Waals surface area (Å²) in [7, 11) is -1.95. The maximum absolute atomic E-state index is 12.8. The standard InChI is InChI=1S/C16H19N3O4S/c1-22-15-5-3-2-4-14(15)19-9-13(8-17-19)24(20,21)18-10-16(11-18)6-7-23-12-16/h2-5,8-9H,6-7,10-12H2,1H3. The SMILES string of the molecule is COc1ccccc1-n1cc(S(=O)(=O)N2CC3(CCOC3)C2)cn1. The fourth-order valence-corrected chi connectivity index (χ4v) is 4.91. The van der Waals surface area contributed by atoms with E-state index in [0.29, 0.717) is 31.1 Å². The molecule has 7 nitrogen and oxygen atoms in total. The Labute approximate surface area is 140 Å². The Morgan fingerprint density at radius 3 is 2.79 bits per heavy atom. The van der Waals surface area contributed by atoms with Gasteiger partial charge in [0.1, 0.15) is 16.3 Å². The van der Waals surface area contributed by atoms with Crippen molar-refractivity contribution in [1.29, 1.82) is 0 Å². The first-order valence-electron chi connectivity index (χ1n) is 7.80. The van der Waals surface area contributed by atoms with E-state index in [4.69, 9.17) is 9.47 Å². The van der Waals surface area contributed by atoms with Crippen molar-refractivity contribution < 1.29 is 17.9 Å².